The molecule has 0 aromatic heterocycles. The second-order valence-electron chi connectivity index (χ2n) is 6.45. The number of nitrogens with zero attached hydrogens (tertiary/aromatic N) is 1. The van der Waals surface area contributed by atoms with Crippen molar-refractivity contribution in [2.24, 2.45) is 0 Å². The van der Waals surface area contributed by atoms with Crippen molar-refractivity contribution in [1.82, 2.24) is 0 Å². The summed E-state index contributed by atoms with van der Waals surface area (Å²) in [7, 11) is 0. The maximum Gasteiger partial charge on any atom is 0.130 e. The van der Waals surface area contributed by atoms with Crippen LogP contribution in [0.2, 0.25) is 0 Å². The zero-order valence-corrected chi connectivity index (χ0v) is 15.4. The normalized spacial score (nSPS) is 10.9. The van der Waals surface area contributed by atoms with Crippen LogP contribution in [0, 0.1) is 5.82 Å². The van der Waals surface area contributed by atoms with E-state index in [2.05, 4.69) is 41.3 Å². The second-order valence-corrected chi connectivity index (χ2v) is 6.45. The Bertz CT molecular complexity index is 1010. The Balaban J connectivity index is 1.64. The Morgan fingerprint density at radius 2 is 1.00 bits per heavy atom. The molecule has 0 N–H and O–H groups in total. The van der Waals surface area contributed by atoms with Gasteiger partial charge >= 0.3 is 0 Å². The molecule has 0 radical (unpaired) electrons. The third-order valence-electron chi connectivity index (χ3n) is 4.54. The van der Waals surface area contributed by atoms with E-state index >= 15 is 0 Å². The molecular formula is C26H20FN. The fourth-order valence-corrected chi connectivity index (χ4v) is 3.13. The number of hydrogen-bond donors (Lipinski definition) is 0. The van der Waals surface area contributed by atoms with Gasteiger partial charge in [-0.3, -0.25) is 0 Å². The van der Waals surface area contributed by atoms with Gasteiger partial charge in [0.1, 0.15) is 5.82 Å². The molecule has 28 heavy (non-hydrogen) atoms. The van der Waals surface area contributed by atoms with Crippen LogP contribution in [0.25, 0.3) is 12.2 Å². The van der Waals surface area contributed by atoms with Crippen molar-refractivity contribution in [3.05, 3.63) is 126 Å². The summed E-state index contributed by atoms with van der Waals surface area (Å²) in [6.45, 7) is 0. The molecule has 0 heterocycles. The Morgan fingerprint density at radius 3 is 1.57 bits per heavy atom. The van der Waals surface area contributed by atoms with E-state index in [0.29, 0.717) is 5.56 Å². The van der Waals surface area contributed by atoms with Crippen LogP contribution in [0.4, 0.5) is 21.5 Å². The van der Waals surface area contributed by atoms with Crippen LogP contribution in [-0.2, 0) is 0 Å². The van der Waals surface area contributed by atoms with Crippen molar-refractivity contribution >= 4 is 29.2 Å². The van der Waals surface area contributed by atoms with E-state index in [0.717, 1.165) is 22.6 Å². The average molecular weight is 365 g/mol. The highest BCUT2D eigenvalue weighted by Crippen LogP contribution is 2.34. The van der Waals surface area contributed by atoms with Gasteiger partial charge in [-0.05, 0) is 48.0 Å². The van der Waals surface area contributed by atoms with Crippen molar-refractivity contribution < 1.29 is 4.39 Å². The molecule has 136 valence electrons. The summed E-state index contributed by atoms with van der Waals surface area (Å²) in [6, 6.07) is 35.6. The summed E-state index contributed by atoms with van der Waals surface area (Å²) in [5.74, 6) is -0.213. The zero-order valence-electron chi connectivity index (χ0n) is 15.4. The monoisotopic (exact) mass is 365 g/mol. The molecule has 0 saturated heterocycles. The zero-order chi connectivity index (χ0) is 19.2. The number of anilines is 3. The minimum atomic E-state index is -0.213. The van der Waals surface area contributed by atoms with Gasteiger partial charge in [0.05, 0.1) is 0 Å². The lowest BCUT2D eigenvalue weighted by Gasteiger charge is -2.25. The van der Waals surface area contributed by atoms with Gasteiger partial charge in [-0.2, -0.15) is 0 Å². The van der Waals surface area contributed by atoms with Crippen LogP contribution in [0.5, 0.6) is 0 Å². The standard InChI is InChI=1S/C26H20FN/c27-26-14-8-7-9-22(26)18-15-21-16-19-25(20-17-21)28(23-10-3-1-4-11-23)24-12-5-2-6-13-24/h1-20H/b18-15+. The highest BCUT2D eigenvalue weighted by atomic mass is 19.1. The maximum absolute atomic E-state index is 13.8. The number of rotatable bonds is 5. The van der Waals surface area contributed by atoms with Gasteiger partial charge in [-0.1, -0.05) is 78.9 Å². The van der Waals surface area contributed by atoms with Gasteiger partial charge < -0.3 is 4.90 Å². The highest BCUT2D eigenvalue weighted by molar-refractivity contribution is 5.78. The maximum atomic E-state index is 13.8. The van der Waals surface area contributed by atoms with Gasteiger partial charge in [0, 0.05) is 22.6 Å². The van der Waals surface area contributed by atoms with Crippen LogP contribution >= 0.6 is 0 Å². The molecular weight excluding hydrogens is 345 g/mol. The predicted octanol–water partition coefficient (Wildman–Crippen LogP) is 7.47. The first-order valence-corrected chi connectivity index (χ1v) is 9.24. The van der Waals surface area contributed by atoms with Crippen LogP contribution < -0.4 is 4.90 Å². The van der Waals surface area contributed by atoms with Gasteiger partial charge in [-0.25, -0.2) is 4.39 Å². The van der Waals surface area contributed by atoms with Crippen LogP contribution in [-0.4, -0.2) is 0 Å². The number of halogens is 1. The molecule has 0 bridgehead atoms. The van der Waals surface area contributed by atoms with Gasteiger partial charge in [0.15, 0.2) is 0 Å². The van der Waals surface area contributed by atoms with Crippen molar-refractivity contribution in [1.29, 1.82) is 0 Å². The van der Waals surface area contributed by atoms with E-state index in [9.17, 15) is 4.39 Å². The first kappa shape index (κ1) is 17.7. The van der Waals surface area contributed by atoms with Gasteiger partial charge in [0.2, 0.25) is 0 Å². The van der Waals surface area contributed by atoms with Crippen molar-refractivity contribution in [3.63, 3.8) is 0 Å². The molecule has 0 atom stereocenters. The van der Waals surface area contributed by atoms with E-state index < -0.39 is 0 Å². The van der Waals surface area contributed by atoms with E-state index in [4.69, 9.17) is 0 Å². The summed E-state index contributed by atoms with van der Waals surface area (Å²) in [5.41, 5.74) is 4.88. The lowest BCUT2D eigenvalue weighted by atomic mass is 10.1. The molecule has 0 unspecified atom stereocenters. The minimum absolute atomic E-state index is 0.213. The van der Waals surface area contributed by atoms with Crippen molar-refractivity contribution in [2.45, 2.75) is 0 Å². The summed E-state index contributed by atoms with van der Waals surface area (Å²) in [6.07, 6.45) is 3.73. The second kappa shape index (κ2) is 8.36. The Kier molecular flexibility index (Phi) is 5.30. The fourth-order valence-electron chi connectivity index (χ4n) is 3.13. The molecule has 4 aromatic carbocycles. The molecule has 0 aliphatic carbocycles. The number of para-hydroxylation sites is 2. The third-order valence-corrected chi connectivity index (χ3v) is 4.54. The lowest BCUT2D eigenvalue weighted by Crippen LogP contribution is -2.09. The van der Waals surface area contributed by atoms with E-state index in [1.54, 1.807) is 18.2 Å². The molecule has 0 aliphatic rings. The average Bonchev–Trinajstić information content (AvgIpc) is 2.76. The Morgan fingerprint density at radius 1 is 0.500 bits per heavy atom. The number of hydrogen-bond acceptors (Lipinski definition) is 1. The van der Waals surface area contributed by atoms with E-state index in [1.165, 1.54) is 6.07 Å². The smallest absolute Gasteiger partial charge is 0.130 e. The molecule has 0 fully saturated rings. The van der Waals surface area contributed by atoms with E-state index in [-0.39, 0.29) is 5.82 Å². The topological polar surface area (TPSA) is 3.24 Å². The summed E-state index contributed by atoms with van der Waals surface area (Å²) in [4.78, 5) is 2.21. The molecule has 4 rings (SSSR count). The molecule has 2 heteroatoms. The SMILES string of the molecule is Fc1ccccc1/C=C/c1ccc(N(c2ccccc2)c2ccccc2)cc1. The Hall–Kier alpha value is -3.65. The first-order chi connectivity index (χ1) is 13.8. The molecule has 1 nitrogen and oxygen atoms in total. The van der Waals surface area contributed by atoms with Gasteiger partial charge in [-0.15, -0.1) is 0 Å². The highest BCUT2D eigenvalue weighted by Gasteiger charge is 2.11. The molecule has 0 spiro atoms. The summed E-state index contributed by atoms with van der Waals surface area (Å²) in [5, 5.41) is 0. The minimum Gasteiger partial charge on any atom is -0.311 e. The Labute approximate surface area is 165 Å². The molecule has 0 amide bonds. The van der Waals surface area contributed by atoms with Crippen LogP contribution in [0.15, 0.2) is 109 Å². The van der Waals surface area contributed by atoms with Gasteiger partial charge in [0.25, 0.3) is 0 Å². The summed E-state index contributed by atoms with van der Waals surface area (Å²) >= 11 is 0. The quantitative estimate of drug-likeness (QED) is 0.332. The third kappa shape index (κ3) is 4.02. The first-order valence-electron chi connectivity index (χ1n) is 9.24. The van der Waals surface area contributed by atoms with Crippen molar-refractivity contribution in [2.75, 3.05) is 4.90 Å². The molecule has 0 aliphatic heterocycles. The fraction of sp³-hybridized carbons (Fsp3) is 0. The predicted molar refractivity (Wildman–Crippen MR) is 116 cm³/mol. The molecule has 4 aromatic rings. The number of benzene rings is 4. The molecule has 0 saturated carbocycles. The van der Waals surface area contributed by atoms with Crippen molar-refractivity contribution in [3.8, 4) is 0 Å². The summed E-state index contributed by atoms with van der Waals surface area (Å²) < 4.78 is 13.8. The largest absolute Gasteiger partial charge is 0.311 e. The van der Waals surface area contributed by atoms with Crippen LogP contribution in [0.1, 0.15) is 11.1 Å². The lowest BCUT2D eigenvalue weighted by molar-refractivity contribution is 0.625. The van der Waals surface area contributed by atoms with E-state index in [1.807, 2.05) is 60.7 Å². The van der Waals surface area contributed by atoms with Crippen LogP contribution in [0.3, 0.4) is 0 Å².